The molecule has 2 aliphatic rings. The molecule has 0 radical (unpaired) electrons. The summed E-state index contributed by atoms with van der Waals surface area (Å²) in [6.45, 7) is 4.47. The largest absolute Gasteiger partial charge is 0.496 e. The Morgan fingerprint density at radius 1 is 1.07 bits per heavy atom. The number of aryl methyl sites for hydroxylation is 1. The minimum atomic E-state index is -0.271. The number of benzene rings is 3. The molecule has 4 aromatic rings. The summed E-state index contributed by atoms with van der Waals surface area (Å²) in [7, 11) is 3.53. The Bertz CT molecular complexity index is 1530. The van der Waals surface area contributed by atoms with E-state index in [0.29, 0.717) is 30.9 Å². The van der Waals surface area contributed by atoms with Gasteiger partial charge in [0.05, 0.1) is 37.4 Å². The zero-order chi connectivity index (χ0) is 27.8. The molecule has 1 aliphatic carbocycles. The van der Waals surface area contributed by atoms with E-state index in [9.17, 15) is 9.18 Å². The first-order chi connectivity index (χ1) is 19.4. The lowest BCUT2D eigenvalue weighted by Gasteiger charge is -2.23. The smallest absolute Gasteiger partial charge is 0.163 e. The highest BCUT2D eigenvalue weighted by Gasteiger charge is 2.47. The second-order valence-electron chi connectivity index (χ2n) is 11.1. The van der Waals surface area contributed by atoms with Crippen LogP contribution in [-0.4, -0.2) is 47.1 Å². The number of fused-ring (bicyclic) bond motifs is 2. The van der Waals surface area contributed by atoms with Crippen LogP contribution >= 0.6 is 0 Å². The van der Waals surface area contributed by atoms with Crippen LogP contribution in [0, 0.1) is 17.7 Å². The van der Waals surface area contributed by atoms with E-state index in [1.54, 1.807) is 28.8 Å². The van der Waals surface area contributed by atoms with Crippen molar-refractivity contribution in [3.8, 4) is 22.6 Å². The fourth-order valence-corrected chi connectivity index (χ4v) is 7.01. The Labute approximate surface area is 233 Å². The summed E-state index contributed by atoms with van der Waals surface area (Å²) in [6, 6.07) is 16.9. The van der Waals surface area contributed by atoms with Gasteiger partial charge in [0.15, 0.2) is 5.78 Å². The molecule has 2 heterocycles. The number of quaternary nitrogens is 1. The lowest BCUT2D eigenvalue weighted by atomic mass is 9.87. The van der Waals surface area contributed by atoms with Gasteiger partial charge in [0.2, 0.25) is 0 Å². The van der Waals surface area contributed by atoms with Gasteiger partial charge in [-0.15, -0.1) is 5.10 Å². The van der Waals surface area contributed by atoms with Crippen molar-refractivity contribution in [1.29, 1.82) is 0 Å². The third-order valence-electron chi connectivity index (χ3n) is 8.88. The van der Waals surface area contributed by atoms with E-state index in [0.717, 1.165) is 71.6 Å². The van der Waals surface area contributed by atoms with Gasteiger partial charge < -0.3 is 14.4 Å². The van der Waals surface area contributed by atoms with Crippen molar-refractivity contribution < 1.29 is 23.6 Å². The Hall–Kier alpha value is -3.78. The average Bonchev–Trinajstić information content (AvgIpc) is 3.66. The number of hydrogen-bond donors (Lipinski definition) is 1. The summed E-state index contributed by atoms with van der Waals surface area (Å²) in [4.78, 5) is 14.8. The molecular weight excluding hydrogens is 507 g/mol. The molecule has 0 spiro atoms. The maximum absolute atomic E-state index is 13.6. The van der Waals surface area contributed by atoms with Crippen LogP contribution in [0.15, 0.2) is 54.6 Å². The molecule has 40 heavy (non-hydrogen) atoms. The molecule has 1 saturated carbocycles. The Balaban J connectivity index is 1.17. The molecule has 1 saturated heterocycles. The third-order valence-corrected chi connectivity index (χ3v) is 8.88. The van der Waals surface area contributed by atoms with Crippen LogP contribution in [-0.2, 0) is 13.6 Å². The maximum Gasteiger partial charge on any atom is 0.163 e. The van der Waals surface area contributed by atoms with Gasteiger partial charge in [-0.3, -0.25) is 4.79 Å². The van der Waals surface area contributed by atoms with E-state index < -0.39 is 0 Å². The van der Waals surface area contributed by atoms with E-state index in [2.05, 4.69) is 22.4 Å². The Kier molecular flexibility index (Phi) is 7.27. The normalized spacial score (nSPS) is 22.0. The van der Waals surface area contributed by atoms with Crippen molar-refractivity contribution in [3.05, 3.63) is 71.5 Å². The number of halogens is 1. The SMILES string of the molecule is CCOc1cc(C[NH+]2CC[C@H]3C(CC(=O)c4ccc5c(c4)nnn5C)CC[C@H]32)cc(OC)c1-c1ccc(F)cc1. The van der Waals surface area contributed by atoms with Crippen molar-refractivity contribution >= 4 is 16.8 Å². The molecule has 1 aromatic heterocycles. The Morgan fingerprint density at radius 2 is 1.88 bits per heavy atom. The quantitative estimate of drug-likeness (QED) is 0.312. The van der Waals surface area contributed by atoms with E-state index in [-0.39, 0.29) is 11.6 Å². The molecule has 2 unspecified atom stereocenters. The summed E-state index contributed by atoms with van der Waals surface area (Å²) >= 11 is 0. The minimum Gasteiger partial charge on any atom is -0.496 e. The molecule has 4 atom stereocenters. The monoisotopic (exact) mass is 543 g/mol. The van der Waals surface area contributed by atoms with Crippen molar-refractivity contribution in [1.82, 2.24) is 15.0 Å². The van der Waals surface area contributed by atoms with Crippen molar-refractivity contribution in [3.63, 3.8) is 0 Å². The first kappa shape index (κ1) is 26.4. The second-order valence-corrected chi connectivity index (χ2v) is 11.1. The molecule has 7 nitrogen and oxygen atoms in total. The number of carbonyl (C=O) groups is 1. The van der Waals surface area contributed by atoms with Crippen LogP contribution in [0.4, 0.5) is 4.39 Å². The lowest BCUT2D eigenvalue weighted by molar-refractivity contribution is -0.927. The number of carbonyl (C=O) groups excluding carboxylic acids is 1. The molecule has 2 fully saturated rings. The number of Topliss-reactive ketones (excluding diaryl/α,β-unsaturated/α-hetero) is 1. The highest BCUT2D eigenvalue weighted by Crippen LogP contribution is 2.41. The molecule has 0 bridgehead atoms. The van der Waals surface area contributed by atoms with Gasteiger partial charge in [-0.1, -0.05) is 17.3 Å². The third kappa shape index (κ3) is 4.96. The predicted octanol–water partition coefficient (Wildman–Crippen LogP) is 4.64. The van der Waals surface area contributed by atoms with Gasteiger partial charge in [-0.05, 0) is 73.7 Å². The topological polar surface area (TPSA) is 70.7 Å². The van der Waals surface area contributed by atoms with Crippen molar-refractivity contribution in [2.45, 2.75) is 45.2 Å². The second kappa shape index (κ2) is 11.0. The number of methoxy groups -OCH3 is 1. The molecule has 6 rings (SSSR count). The van der Waals surface area contributed by atoms with Gasteiger partial charge in [-0.2, -0.15) is 0 Å². The number of hydrogen-bond acceptors (Lipinski definition) is 5. The van der Waals surface area contributed by atoms with Crippen LogP contribution in [0.25, 0.3) is 22.2 Å². The number of nitrogens with zero attached hydrogens (tertiary/aromatic N) is 3. The molecule has 208 valence electrons. The van der Waals surface area contributed by atoms with Gasteiger partial charge in [0.25, 0.3) is 0 Å². The molecule has 0 amide bonds. The molecule has 8 heteroatoms. The maximum atomic E-state index is 13.6. The number of nitrogens with one attached hydrogen (secondary N) is 1. The molecular formula is C32H36FN4O3+. The summed E-state index contributed by atoms with van der Waals surface area (Å²) < 4.78 is 27.2. The molecule has 1 N–H and O–H groups in total. The summed E-state index contributed by atoms with van der Waals surface area (Å²) in [5, 5.41) is 8.24. The number of likely N-dealkylation sites (tertiary alicyclic amines) is 1. The predicted molar refractivity (Wildman–Crippen MR) is 151 cm³/mol. The van der Waals surface area contributed by atoms with Crippen molar-refractivity contribution in [2.75, 3.05) is 20.3 Å². The van der Waals surface area contributed by atoms with E-state index in [1.165, 1.54) is 17.7 Å². The van der Waals surface area contributed by atoms with Gasteiger partial charge >= 0.3 is 0 Å². The number of rotatable bonds is 9. The van der Waals surface area contributed by atoms with Gasteiger partial charge in [-0.25, -0.2) is 9.07 Å². The van der Waals surface area contributed by atoms with Crippen LogP contribution in [0.5, 0.6) is 11.5 Å². The van der Waals surface area contributed by atoms with Crippen LogP contribution in [0.2, 0.25) is 0 Å². The van der Waals surface area contributed by atoms with E-state index in [1.807, 2.05) is 32.2 Å². The van der Waals surface area contributed by atoms with Gasteiger partial charge in [0.1, 0.15) is 29.4 Å². The van der Waals surface area contributed by atoms with E-state index in [4.69, 9.17) is 9.47 Å². The standard InChI is InChI=1S/C32H35FN4O3/c1-4-40-31-16-20(15-30(39-3)32(31)21-5-9-24(33)10-6-21)19-37-14-13-25-22(7-11-27(25)37)18-29(38)23-8-12-28-26(17-23)34-35-36(28)2/h5-6,8-10,12,15-17,22,25,27H,4,7,11,13-14,18-19H2,1-3H3/p+1/t22?,25-,27+/m0/s1. The number of aromatic nitrogens is 3. The van der Waals surface area contributed by atoms with Crippen LogP contribution in [0.1, 0.15) is 48.5 Å². The summed E-state index contributed by atoms with van der Waals surface area (Å²) in [6.07, 6.45) is 3.97. The summed E-state index contributed by atoms with van der Waals surface area (Å²) in [5.74, 6) is 2.40. The molecule has 3 aromatic carbocycles. The Morgan fingerprint density at radius 3 is 2.65 bits per heavy atom. The number of ketones is 1. The highest BCUT2D eigenvalue weighted by atomic mass is 19.1. The first-order valence-electron chi connectivity index (χ1n) is 14.2. The zero-order valence-corrected chi connectivity index (χ0v) is 23.3. The van der Waals surface area contributed by atoms with Crippen LogP contribution in [0.3, 0.4) is 0 Å². The lowest BCUT2D eigenvalue weighted by Crippen LogP contribution is -3.12. The molecule has 1 aliphatic heterocycles. The van der Waals surface area contributed by atoms with Gasteiger partial charge in [0, 0.05) is 36.9 Å². The zero-order valence-electron chi connectivity index (χ0n) is 23.3. The minimum absolute atomic E-state index is 0.203. The van der Waals surface area contributed by atoms with E-state index >= 15 is 0 Å². The fourth-order valence-electron chi connectivity index (χ4n) is 7.01. The van der Waals surface area contributed by atoms with Crippen LogP contribution < -0.4 is 14.4 Å². The average molecular weight is 544 g/mol. The van der Waals surface area contributed by atoms with Crippen molar-refractivity contribution in [2.24, 2.45) is 18.9 Å². The summed E-state index contributed by atoms with van der Waals surface area (Å²) in [5.41, 5.74) is 5.31. The number of ether oxygens (including phenoxy) is 2. The fraction of sp³-hybridized carbons (Fsp3) is 0.406. The first-order valence-corrected chi connectivity index (χ1v) is 14.2. The highest BCUT2D eigenvalue weighted by molar-refractivity contribution is 5.99.